The first-order valence-electron chi connectivity index (χ1n) is 10.2. The maximum Gasteiger partial charge on any atom is 0.138 e. The minimum absolute atomic E-state index is 0.179. The first-order chi connectivity index (χ1) is 14.9. The summed E-state index contributed by atoms with van der Waals surface area (Å²) in [4.78, 5) is 14.9. The maximum atomic E-state index is 10.7. The second-order valence-electron chi connectivity index (χ2n) is 8.12. The minimum Gasteiger partial charge on any atom is -0.390 e. The number of benzene rings is 1. The molecule has 1 saturated carbocycles. The Kier molecular flexibility index (Phi) is 5.04. The third-order valence-corrected chi connectivity index (χ3v) is 6.92. The van der Waals surface area contributed by atoms with Crippen LogP contribution in [0.3, 0.4) is 0 Å². The molecule has 4 atom stereocenters. The fraction of sp³-hybridized carbons (Fsp3) is 0.318. The summed E-state index contributed by atoms with van der Waals surface area (Å²) in [5.41, 5.74) is 14.6. The van der Waals surface area contributed by atoms with Crippen molar-refractivity contribution in [2.45, 2.75) is 31.1 Å². The Morgan fingerprint density at radius 3 is 2.77 bits per heavy atom. The smallest absolute Gasteiger partial charge is 0.138 e. The number of fused-ring (bicyclic) bond motifs is 2. The quantitative estimate of drug-likeness (QED) is 0.445. The van der Waals surface area contributed by atoms with Gasteiger partial charge in [0.1, 0.15) is 29.9 Å². The molecule has 3 unspecified atom stereocenters. The second-order valence-corrected chi connectivity index (χ2v) is 8.97. The SMILES string of the molecule is Nc1nc2cc(/C=C/C3CC(N4CCc5c(N)ncnc54)[C@@H](O)C3O)ccc2cc1Br. The van der Waals surface area contributed by atoms with Crippen molar-refractivity contribution in [3.63, 3.8) is 0 Å². The van der Waals surface area contributed by atoms with Gasteiger partial charge in [-0.05, 0) is 46.5 Å². The Labute approximate surface area is 187 Å². The predicted octanol–water partition coefficient (Wildman–Crippen LogP) is 2.14. The standard InChI is InChI=1S/C22H23BrN6O2/c23-15-8-12-3-1-11(7-16(12)28-21(15)25)2-4-13-9-17(19(31)18(13)30)29-6-5-14-20(24)26-10-27-22(14)29/h1-4,7-8,10,13,17-19,30-31H,5-6,9H2,(H2,25,28)(H2,24,26,27)/b4-2+/t13?,17?,18?,19-/m1/s1. The third kappa shape index (κ3) is 3.52. The molecule has 3 aromatic rings. The number of hydrogen-bond acceptors (Lipinski definition) is 8. The van der Waals surface area contributed by atoms with E-state index in [-0.39, 0.29) is 12.0 Å². The molecule has 31 heavy (non-hydrogen) atoms. The van der Waals surface area contributed by atoms with E-state index in [9.17, 15) is 10.2 Å². The van der Waals surface area contributed by atoms with E-state index >= 15 is 0 Å². The second kappa shape index (κ2) is 7.74. The molecule has 1 aromatic carbocycles. The summed E-state index contributed by atoms with van der Waals surface area (Å²) in [6, 6.07) is 7.66. The number of aromatic nitrogens is 3. The molecule has 9 heteroatoms. The van der Waals surface area contributed by atoms with E-state index in [1.165, 1.54) is 6.33 Å². The lowest BCUT2D eigenvalue weighted by Gasteiger charge is -2.28. The number of rotatable bonds is 3. The molecular weight excluding hydrogens is 460 g/mol. The van der Waals surface area contributed by atoms with Gasteiger partial charge < -0.3 is 26.6 Å². The molecule has 1 aliphatic carbocycles. The monoisotopic (exact) mass is 482 g/mol. The highest BCUT2D eigenvalue weighted by Gasteiger charge is 2.45. The highest BCUT2D eigenvalue weighted by atomic mass is 79.9. The topological polar surface area (TPSA) is 134 Å². The lowest BCUT2D eigenvalue weighted by molar-refractivity contribution is 0.0229. The zero-order valence-corrected chi connectivity index (χ0v) is 18.3. The van der Waals surface area contributed by atoms with E-state index in [0.29, 0.717) is 24.6 Å². The summed E-state index contributed by atoms with van der Waals surface area (Å²) in [5.74, 6) is 1.51. The van der Waals surface area contributed by atoms with E-state index in [0.717, 1.165) is 38.7 Å². The normalized spacial score (nSPS) is 25.6. The molecule has 160 valence electrons. The Hall–Kier alpha value is -2.75. The van der Waals surface area contributed by atoms with Crippen LogP contribution in [-0.2, 0) is 6.42 Å². The molecule has 5 rings (SSSR count). The summed E-state index contributed by atoms with van der Waals surface area (Å²) < 4.78 is 0.771. The first kappa shape index (κ1) is 20.2. The molecule has 6 N–H and O–H groups in total. The Bertz CT molecular complexity index is 1190. The highest BCUT2D eigenvalue weighted by Crippen LogP contribution is 2.38. The van der Waals surface area contributed by atoms with Crippen molar-refractivity contribution in [3.8, 4) is 0 Å². The van der Waals surface area contributed by atoms with Gasteiger partial charge in [-0.2, -0.15) is 0 Å². The summed E-state index contributed by atoms with van der Waals surface area (Å²) in [5, 5.41) is 22.4. The van der Waals surface area contributed by atoms with Crippen molar-refractivity contribution >= 4 is 50.4 Å². The van der Waals surface area contributed by atoms with Crippen LogP contribution in [0.1, 0.15) is 17.5 Å². The van der Waals surface area contributed by atoms with Crippen LogP contribution in [0.2, 0.25) is 0 Å². The van der Waals surface area contributed by atoms with Gasteiger partial charge in [0.15, 0.2) is 0 Å². The molecule has 2 aromatic heterocycles. The molecule has 0 radical (unpaired) electrons. The Balaban J connectivity index is 1.36. The average Bonchev–Trinajstić information content (AvgIpc) is 3.30. The zero-order valence-electron chi connectivity index (χ0n) is 16.7. The van der Waals surface area contributed by atoms with Crippen LogP contribution in [-0.4, -0.2) is 50.0 Å². The number of anilines is 3. The zero-order chi connectivity index (χ0) is 21.7. The largest absolute Gasteiger partial charge is 0.390 e. The van der Waals surface area contributed by atoms with Crippen LogP contribution < -0.4 is 16.4 Å². The molecule has 0 bridgehead atoms. The summed E-state index contributed by atoms with van der Waals surface area (Å²) in [7, 11) is 0. The van der Waals surface area contributed by atoms with Crippen LogP contribution in [0.5, 0.6) is 0 Å². The van der Waals surface area contributed by atoms with Gasteiger partial charge in [-0.1, -0.05) is 24.3 Å². The average molecular weight is 483 g/mol. The van der Waals surface area contributed by atoms with Crippen LogP contribution in [0.15, 0.2) is 41.1 Å². The summed E-state index contributed by atoms with van der Waals surface area (Å²) in [6.45, 7) is 0.705. The molecule has 0 amide bonds. The number of aliphatic hydroxyl groups excluding tert-OH is 2. The first-order valence-corrected chi connectivity index (χ1v) is 11.0. The van der Waals surface area contributed by atoms with E-state index in [1.807, 2.05) is 36.4 Å². The third-order valence-electron chi connectivity index (χ3n) is 6.29. The Morgan fingerprint density at radius 2 is 1.94 bits per heavy atom. The Morgan fingerprint density at radius 1 is 1.10 bits per heavy atom. The van der Waals surface area contributed by atoms with Crippen LogP contribution in [0.25, 0.3) is 17.0 Å². The van der Waals surface area contributed by atoms with Gasteiger partial charge in [-0.25, -0.2) is 15.0 Å². The number of pyridine rings is 1. The summed E-state index contributed by atoms with van der Waals surface area (Å²) >= 11 is 3.40. The number of aliphatic hydroxyl groups is 2. The van der Waals surface area contributed by atoms with Gasteiger partial charge in [0.25, 0.3) is 0 Å². The molecule has 0 spiro atoms. The van der Waals surface area contributed by atoms with Crippen molar-refractivity contribution in [3.05, 3.63) is 52.3 Å². The molecule has 2 aliphatic rings. The van der Waals surface area contributed by atoms with Crippen molar-refractivity contribution in [1.82, 2.24) is 15.0 Å². The lowest BCUT2D eigenvalue weighted by Crippen LogP contribution is -2.43. The minimum atomic E-state index is -0.868. The van der Waals surface area contributed by atoms with E-state index in [2.05, 4.69) is 35.8 Å². The number of nitrogen functional groups attached to an aromatic ring is 2. The molecule has 0 saturated heterocycles. The van der Waals surface area contributed by atoms with E-state index in [4.69, 9.17) is 11.5 Å². The highest BCUT2D eigenvalue weighted by molar-refractivity contribution is 9.10. The maximum absolute atomic E-state index is 10.7. The molecular formula is C22H23BrN6O2. The number of hydrogen-bond donors (Lipinski definition) is 4. The van der Waals surface area contributed by atoms with Gasteiger partial charge >= 0.3 is 0 Å². The van der Waals surface area contributed by atoms with Crippen molar-refractivity contribution in [2.24, 2.45) is 5.92 Å². The number of nitrogens with zero attached hydrogens (tertiary/aromatic N) is 4. The van der Waals surface area contributed by atoms with E-state index < -0.39 is 12.2 Å². The molecule has 1 aliphatic heterocycles. The fourth-order valence-corrected chi connectivity index (χ4v) is 4.95. The fourth-order valence-electron chi connectivity index (χ4n) is 4.62. The van der Waals surface area contributed by atoms with Crippen LogP contribution in [0.4, 0.5) is 17.5 Å². The van der Waals surface area contributed by atoms with E-state index in [1.54, 1.807) is 0 Å². The summed E-state index contributed by atoms with van der Waals surface area (Å²) in [6.07, 6.45) is 5.00. The number of halogens is 1. The van der Waals surface area contributed by atoms with Gasteiger partial charge in [-0.3, -0.25) is 0 Å². The van der Waals surface area contributed by atoms with Gasteiger partial charge in [-0.15, -0.1) is 0 Å². The molecule has 1 fully saturated rings. The van der Waals surface area contributed by atoms with Crippen LogP contribution >= 0.6 is 15.9 Å². The lowest BCUT2D eigenvalue weighted by atomic mass is 10.0. The van der Waals surface area contributed by atoms with Crippen molar-refractivity contribution in [2.75, 3.05) is 22.9 Å². The van der Waals surface area contributed by atoms with Crippen molar-refractivity contribution < 1.29 is 10.2 Å². The van der Waals surface area contributed by atoms with Crippen molar-refractivity contribution in [1.29, 1.82) is 0 Å². The van der Waals surface area contributed by atoms with Gasteiger partial charge in [0.2, 0.25) is 0 Å². The molecule has 3 heterocycles. The predicted molar refractivity (Wildman–Crippen MR) is 124 cm³/mol. The number of nitrogens with two attached hydrogens (primary N) is 2. The van der Waals surface area contributed by atoms with Gasteiger partial charge in [0.05, 0.1) is 22.1 Å². The van der Waals surface area contributed by atoms with Crippen LogP contribution in [0, 0.1) is 5.92 Å². The van der Waals surface area contributed by atoms with Gasteiger partial charge in [0, 0.05) is 23.4 Å². The molecule has 8 nitrogen and oxygen atoms in total.